The molecule has 0 aliphatic heterocycles. The Labute approximate surface area is 122 Å². The highest BCUT2D eigenvalue weighted by Crippen LogP contribution is 2.04. The Bertz CT molecular complexity index is 484. The number of carboxylic acids is 1. The maximum absolute atomic E-state index is 11.9. The van der Waals surface area contributed by atoms with Crippen LogP contribution in [0, 0.1) is 0 Å². The fourth-order valence-corrected chi connectivity index (χ4v) is 1.78. The van der Waals surface area contributed by atoms with Crippen molar-refractivity contribution in [3.63, 3.8) is 0 Å². The minimum absolute atomic E-state index is 0.131. The number of carbonyl (C=O) groups excluding carboxylic acids is 2. The molecule has 0 radical (unpaired) electrons. The summed E-state index contributed by atoms with van der Waals surface area (Å²) in [6.45, 7) is 1.71. The van der Waals surface area contributed by atoms with Crippen molar-refractivity contribution >= 4 is 17.8 Å². The lowest BCUT2D eigenvalue weighted by atomic mass is 10.1. The smallest absolute Gasteiger partial charge is 0.326 e. The first-order chi connectivity index (χ1) is 9.95. The molecule has 0 aromatic carbocycles. The minimum Gasteiger partial charge on any atom is -0.480 e. The molecule has 21 heavy (non-hydrogen) atoms. The van der Waals surface area contributed by atoms with Gasteiger partial charge in [-0.1, -0.05) is 19.8 Å². The van der Waals surface area contributed by atoms with Crippen LogP contribution in [-0.2, 0) is 9.59 Å². The van der Waals surface area contributed by atoms with Crippen molar-refractivity contribution in [1.29, 1.82) is 0 Å². The van der Waals surface area contributed by atoms with E-state index in [0.29, 0.717) is 12.8 Å². The van der Waals surface area contributed by atoms with Crippen LogP contribution in [0.4, 0.5) is 0 Å². The zero-order chi connectivity index (χ0) is 15.8. The van der Waals surface area contributed by atoms with Gasteiger partial charge in [0.25, 0.3) is 5.91 Å². The van der Waals surface area contributed by atoms with Gasteiger partial charge in [-0.2, -0.15) is 0 Å². The number of carboxylic acid groups (broad SMARTS) is 1. The predicted octanol–water partition coefficient (Wildman–Crippen LogP) is 1.11. The maximum atomic E-state index is 11.9. The summed E-state index contributed by atoms with van der Waals surface area (Å²) in [5.41, 5.74) is 0. The molecule has 116 valence electrons. The quantitative estimate of drug-likeness (QED) is 0.748. The number of nitrogens with one attached hydrogen (secondary N) is 1. The maximum Gasteiger partial charge on any atom is 0.326 e. The topological polar surface area (TPSA) is 99.9 Å². The van der Waals surface area contributed by atoms with Crippen molar-refractivity contribution in [3.8, 4) is 0 Å². The van der Waals surface area contributed by atoms with E-state index in [4.69, 9.17) is 9.52 Å². The van der Waals surface area contributed by atoms with Crippen LogP contribution in [0.15, 0.2) is 22.8 Å². The van der Waals surface area contributed by atoms with Crippen molar-refractivity contribution in [2.75, 3.05) is 13.6 Å². The Kier molecular flexibility index (Phi) is 6.45. The third kappa shape index (κ3) is 5.29. The van der Waals surface area contributed by atoms with Crippen molar-refractivity contribution in [1.82, 2.24) is 10.2 Å². The molecule has 0 aliphatic rings. The molecule has 0 aliphatic carbocycles. The Morgan fingerprint density at radius 1 is 1.43 bits per heavy atom. The molecular formula is C14H20N2O5. The number of nitrogens with zero attached hydrogens (tertiary/aromatic N) is 1. The van der Waals surface area contributed by atoms with Crippen molar-refractivity contribution in [3.05, 3.63) is 24.2 Å². The summed E-state index contributed by atoms with van der Waals surface area (Å²) < 4.78 is 4.95. The van der Waals surface area contributed by atoms with Crippen LogP contribution in [0.25, 0.3) is 0 Å². The molecule has 1 aromatic heterocycles. The van der Waals surface area contributed by atoms with Crippen molar-refractivity contribution in [2.45, 2.75) is 32.2 Å². The van der Waals surface area contributed by atoms with E-state index in [1.165, 1.54) is 24.3 Å². The molecule has 0 unspecified atom stereocenters. The third-order valence-corrected chi connectivity index (χ3v) is 2.94. The van der Waals surface area contributed by atoms with Crippen molar-refractivity contribution < 1.29 is 23.9 Å². The molecule has 0 bridgehead atoms. The Hall–Kier alpha value is -2.31. The summed E-state index contributed by atoms with van der Waals surface area (Å²) >= 11 is 0. The Morgan fingerprint density at radius 2 is 2.14 bits per heavy atom. The monoisotopic (exact) mass is 296 g/mol. The number of unbranched alkanes of at least 4 members (excludes halogenated alkanes) is 1. The van der Waals surface area contributed by atoms with Crippen LogP contribution in [0.5, 0.6) is 0 Å². The number of hydrogen-bond donors (Lipinski definition) is 2. The number of furan rings is 1. The number of carbonyl (C=O) groups is 3. The van der Waals surface area contributed by atoms with E-state index >= 15 is 0 Å². The van der Waals surface area contributed by atoms with Gasteiger partial charge in [0.1, 0.15) is 6.04 Å². The molecule has 1 aromatic rings. The van der Waals surface area contributed by atoms with Crippen molar-refractivity contribution in [2.24, 2.45) is 0 Å². The van der Waals surface area contributed by atoms with Crippen LogP contribution in [0.1, 0.15) is 36.7 Å². The summed E-state index contributed by atoms with van der Waals surface area (Å²) in [7, 11) is 1.45. The molecule has 7 heteroatoms. The lowest BCUT2D eigenvalue weighted by molar-refractivity contribution is -0.142. The Balaban J connectivity index is 2.51. The highest BCUT2D eigenvalue weighted by Gasteiger charge is 2.22. The predicted molar refractivity (Wildman–Crippen MR) is 74.8 cm³/mol. The molecule has 2 amide bonds. The largest absolute Gasteiger partial charge is 0.480 e. The van der Waals surface area contributed by atoms with E-state index in [1.54, 1.807) is 6.07 Å². The number of rotatable bonds is 8. The van der Waals surface area contributed by atoms with Gasteiger partial charge in [-0.3, -0.25) is 9.59 Å². The highest BCUT2D eigenvalue weighted by molar-refractivity contribution is 5.94. The van der Waals surface area contributed by atoms with E-state index in [-0.39, 0.29) is 12.3 Å². The van der Waals surface area contributed by atoms with E-state index in [0.717, 1.165) is 6.42 Å². The Morgan fingerprint density at radius 3 is 2.67 bits per heavy atom. The van der Waals surface area contributed by atoms with E-state index in [9.17, 15) is 14.4 Å². The minimum atomic E-state index is -1.07. The van der Waals surface area contributed by atoms with Gasteiger partial charge >= 0.3 is 5.97 Å². The average molecular weight is 296 g/mol. The van der Waals surface area contributed by atoms with Gasteiger partial charge in [-0.15, -0.1) is 0 Å². The van der Waals surface area contributed by atoms with E-state index in [1.807, 2.05) is 6.92 Å². The van der Waals surface area contributed by atoms with Crippen LogP contribution in [0.2, 0.25) is 0 Å². The van der Waals surface area contributed by atoms with Gasteiger partial charge in [0, 0.05) is 7.05 Å². The van der Waals surface area contributed by atoms with Gasteiger partial charge in [-0.05, 0) is 18.6 Å². The molecular weight excluding hydrogens is 276 g/mol. The zero-order valence-electron chi connectivity index (χ0n) is 12.2. The second-order valence-corrected chi connectivity index (χ2v) is 4.74. The number of amides is 2. The second-order valence-electron chi connectivity index (χ2n) is 4.74. The fourth-order valence-electron chi connectivity index (χ4n) is 1.78. The summed E-state index contributed by atoms with van der Waals surface area (Å²) in [6, 6.07) is 2.15. The van der Waals surface area contributed by atoms with Gasteiger partial charge in [0.05, 0.1) is 12.8 Å². The molecule has 1 atom stereocenters. The number of aliphatic carboxylic acids is 1. The fraction of sp³-hybridized carbons (Fsp3) is 0.500. The summed E-state index contributed by atoms with van der Waals surface area (Å²) in [5.74, 6) is -1.89. The molecule has 7 nitrogen and oxygen atoms in total. The first-order valence-electron chi connectivity index (χ1n) is 6.76. The number of hydrogen-bond acceptors (Lipinski definition) is 4. The molecule has 0 fully saturated rings. The normalized spacial score (nSPS) is 11.7. The van der Waals surface area contributed by atoms with Crippen LogP contribution in [-0.4, -0.2) is 47.4 Å². The van der Waals surface area contributed by atoms with E-state index in [2.05, 4.69) is 5.32 Å². The molecule has 0 spiro atoms. The van der Waals surface area contributed by atoms with Crippen LogP contribution >= 0.6 is 0 Å². The van der Waals surface area contributed by atoms with Gasteiger partial charge in [-0.25, -0.2) is 4.79 Å². The third-order valence-electron chi connectivity index (χ3n) is 2.94. The average Bonchev–Trinajstić information content (AvgIpc) is 2.96. The van der Waals surface area contributed by atoms with Gasteiger partial charge < -0.3 is 19.7 Å². The van der Waals surface area contributed by atoms with E-state index < -0.39 is 23.8 Å². The lowest BCUT2D eigenvalue weighted by Crippen LogP contribution is -2.45. The number of likely N-dealkylation sites (N-methyl/N-ethyl adjacent to an activating group) is 1. The zero-order valence-corrected chi connectivity index (χ0v) is 12.2. The summed E-state index contributed by atoms with van der Waals surface area (Å²) in [4.78, 5) is 35.9. The summed E-state index contributed by atoms with van der Waals surface area (Å²) in [6.07, 6.45) is 3.29. The molecule has 1 heterocycles. The molecule has 1 rings (SSSR count). The molecule has 0 saturated heterocycles. The first kappa shape index (κ1) is 16.7. The molecule has 2 N–H and O–H groups in total. The lowest BCUT2D eigenvalue weighted by Gasteiger charge is -2.18. The first-order valence-corrected chi connectivity index (χ1v) is 6.76. The summed E-state index contributed by atoms with van der Waals surface area (Å²) in [5, 5.41) is 11.5. The van der Waals surface area contributed by atoms with Crippen LogP contribution in [0.3, 0.4) is 0 Å². The SMILES string of the molecule is CCCC[C@H](NC(=O)CN(C)C(=O)c1ccco1)C(=O)O. The van der Waals surface area contributed by atoms with Crippen LogP contribution < -0.4 is 5.32 Å². The standard InChI is InChI=1S/C14H20N2O5/c1-3-4-6-10(14(19)20)15-12(17)9-16(2)13(18)11-7-5-8-21-11/h5,7-8,10H,3-4,6,9H2,1-2H3,(H,15,17)(H,19,20)/t10-/m0/s1. The second kappa shape index (κ2) is 8.08. The molecule has 0 saturated carbocycles. The van der Waals surface area contributed by atoms with Gasteiger partial charge in [0.2, 0.25) is 5.91 Å². The van der Waals surface area contributed by atoms with Gasteiger partial charge in [0.15, 0.2) is 5.76 Å². The highest BCUT2D eigenvalue weighted by atomic mass is 16.4.